The molecule has 20 heavy (non-hydrogen) atoms. The maximum atomic E-state index is 11.8. The van der Waals surface area contributed by atoms with Crippen LogP contribution in [0.3, 0.4) is 0 Å². The summed E-state index contributed by atoms with van der Waals surface area (Å²) in [5, 5.41) is 8.99. The fraction of sp³-hybridized carbons (Fsp3) is 0.429. The Bertz CT molecular complexity index is 672. The highest BCUT2D eigenvalue weighted by molar-refractivity contribution is 7.90. The van der Waals surface area contributed by atoms with Crippen LogP contribution in [0.5, 0.6) is 0 Å². The molecule has 6 heteroatoms. The Morgan fingerprint density at radius 1 is 1.35 bits per heavy atom. The van der Waals surface area contributed by atoms with Crippen molar-refractivity contribution >= 4 is 22.0 Å². The number of hydrogen-bond donors (Lipinski definition) is 0. The van der Waals surface area contributed by atoms with Gasteiger partial charge in [0.15, 0.2) is 0 Å². The molecule has 1 aromatic carbocycles. The van der Waals surface area contributed by atoms with Gasteiger partial charge in [-0.1, -0.05) is 12.1 Å². The third-order valence-electron chi connectivity index (χ3n) is 3.28. The molecule has 0 spiro atoms. The highest BCUT2D eigenvalue weighted by Gasteiger charge is 2.25. The molecule has 0 N–H and O–H groups in total. The summed E-state index contributed by atoms with van der Waals surface area (Å²) in [5.41, 5.74) is 0.288. The van der Waals surface area contributed by atoms with Crippen LogP contribution in [-0.2, 0) is 10.0 Å². The molecule has 0 saturated carbocycles. The molecule has 0 bridgehead atoms. The number of nitrogens with zero attached hydrogens (tertiary/aromatic N) is 3. The Labute approximate surface area is 119 Å². The molecular formula is C14H17N3O2S. The molecule has 0 aromatic heterocycles. The van der Waals surface area contributed by atoms with Gasteiger partial charge in [0.2, 0.25) is 0 Å². The average molecular weight is 291 g/mol. The summed E-state index contributed by atoms with van der Waals surface area (Å²) in [6.45, 7) is 4.44. The van der Waals surface area contributed by atoms with Crippen LogP contribution < -0.4 is 4.90 Å². The van der Waals surface area contributed by atoms with E-state index in [4.69, 9.17) is 5.26 Å². The van der Waals surface area contributed by atoms with Crippen molar-refractivity contribution in [2.24, 2.45) is 9.81 Å². The molecule has 2 rings (SSSR count). The van der Waals surface area contributed by atoms with Crippen LogP contribution in [-0.4, -0.2) is 21.3 Å². The van der Waals surface area contributed by atoms with Crippen LogP contribution in [0.4, 0.5) is 5.69 Å². The number of anilines is 1. The van der Waals surface area contributed by atoms with Crippen molar-refractivity contribution < 1.29 is 8.42 Å². The van der Waals surface area contributed by atoms with E-state index in [1.807, 2.05) is 18.7 Å². The second kappa shape index (κ2) is 5.25. The van der Waals surface area contributed by atoms with E-state index >= 15 is 0 Å². The fourth-order valence-electron chi connectivity index (χ4n) is 2.08. The minimum Gasteiger partial charge on any atom is -0.331 e. The summed E-state index contributed by atoms with van der Waals surface area (Å²) in [5.74, 6) is 0. The maximum absolute atomic E-state index is 11.8. The summed E-state index contributed by atoms with van der Waals surface area (Å²) in [6, 6.07) is 9.09. The number of para-hydroxylation sites is 1. The first-order valence-electron chi connectivity index (χ1n) is 6.43. The van der Waals surface area contributed by atoms with Gasteiger partial charge in [0.25, 0.3) is 10.0 Å². The standard InChI is InChI=1S/C14H17N3O2S/c1-14(2,10-15)8-5-9-17-11-16-20(18,19)13-7-4-3-6-12(13)17/h3-4,6-7,11H,5,8-9H2,1-2H3. The highest BCUT2D eigenvalue weighted by atomic mass is 32.2. The van der Waals surface area contributed by atoms with E-state index in [9.17, 15) is 8.42 Å². The van der Waals surface area contributed by atoms with Crippen molar-refractivity contribution in [1.82, 2.24) is 0 Å². The zero-order chi connectivity index (χ0) is 14.8. The second-order valence-corrected chi connectivity index (χ2v) is 7.06. The largest absolute Gasteiger partial charge is 0.331 e. The van der Waals surface area contributed by atoms with Crippen molar-refractivity contribution in [2.75, 3.05) is 11.4 Å². The van der Waals surface area contributed by atoms with Crippen molar-refractivity contribution in [3.05, 3.63) is 24.3 Å². The number of nitriles is 1. The lowest BCUT2D eigenvalue weighted by Gasteiger charge is -2.26. The fourth-order valence-corrected chi connectivity index (χ4v) is 3.13. The summed E-state index contributed by atoms with van der Waals surface area (Å²) >= 11 is 0. The van der Waals surface area contributed by atoms with E-state index in [1.54, 1.807) is 24.3 Å². The molecule has 0 fully saturated rings. The average Bonchev–Trinajstić information content (AvgIpc) is 2.42. The Kier molecular flexibility index (Phi) is 3.82. The van der Waals surface area contributed by atoms with Gasteiger partial charge >= 0.3 is 0 Å². The molecule has 0 aliphatic carbocycles. The van der Waals surface area contributed by atoms with Crippen LogP contribution in [0.1, 0.15) is 26.7 Å². The highest BCUT2D eigenvalue weighted by Crippen LogP contribution is 2.30. The summed E-state index contributed by atoms with van der Waals surface area (Å²) in [7, 11) is -3.56. The molecule has 0 unspecified atom stereocenters. The third-order valence-corrected chi connectivity index (χ3v) is 4.55. The quantitative estimate of drug-likeness (QED) is 0.854. The first-order chi connectivity index (χ1) is 9.36. The predicted molar refractivity (Wildman–Crippen MR) is 78.1 cm³/mol. The van der Waals surface area contributed by atoms with Gasteiger partial charge in [0.1, 0.15) is 11.2 Å². The topological polar surface area (TPSA) is 73.5 Å². The molecule has 0 amide bonds. The molecule has 1 aliphatic heterocycles. The first-order valence-corrected chi connectivity index (χ1v) is 7.87. The van der Waals surface area contributed by atoms with E-state index in [0.29, 0.717) is 12.2 Å². The Balaban J connectivity index is 2.14. The smallest absolute Gasteiger partial charge is 0.285 e. The van der Waals surface area contributed by atoms with Crippen molar-refractivity contribution in [3.63, 3.8) is 0 Å². The van der Waals surface area contributed by atoms with Gasteiger partial charge in [-0.25, -0.2) is 0 Å². The lowest BCUT2D eigenvalue weighted by molar-refractivity contribution is 0.438. The number of benzene rings is 1. The van der Waals surface area contributed by atoms with Crippen molar-refractivity contribution in [2.45, 2.75) is 31.6 Å². The zero-order valence-electron chi connectivity index (χ0n) is 11.6. The van der Waals surface area contributed by atoms with E-state index in [-0.39, 0.29) is 10.3 Å². The summed E-state index contributed by atoms with van der Waals surface area (Å²) < 4.78 is 27.3. The number of fused-ring (bicyclic) bond motifs is 1. The number of hydrogen-bond acceptors (Lipinski definition) is 4. The van der Waals surface area contributed by atoms with E-state index in [0.717, 1.165) is 12.8 Å². The molecule has 1 heterocycles. The van der Waals surface area contributed by atoms with E-state index in [2.05, 4.69) is 10.5 Å². The monoisotopic (exact) mass is 291 g/mol. The van der Waals surface area contributed by atoms with Gasteiger partial charge in [-0.15, -0.1) is 4.40 Å². The van der Waals surface area contributed by atoms with Crippen LogP contribution in [0.25, 0.3) is 0 Å². The Morgan fingerprint density at radius 3 is 2.75 bits per heavy atom. The van der Waals surface area contributed by atoms with E-state index in [1.165, 1.54) is 6.34 Å². The number of rotatable bonds is 4. The minimum atomic E-state index is -3.56. The molecule has 106 valence electrons. The summed E-state index contributed by atoms with van der Waals surface area (Å²) in [6.07, 6.45) is 2.90. The van der Waals surface area contributed by atoms with Gasteiger partial charge in [-0.05, 0) is 38.8 Å². The molecule has 5 nitrogen and oxygen atoms in total. The molecule has 1 aliphatic rings. The van der Waals surface area contributed by atoms with Crippen LogP contribution in [0.15, 0.2) is 33.6 Å². The van der Waals surface area contributed by atoms with Crippen LogP contribution in [0, 0.1) is 16.7 Å². The number of sulfonamides is 1. The SMILES string of the molecule is CC(C)(C#N)CCCN1C=NS(=O)(=O)c2ccccc21. The minimum absolute atomic E-state index is 0.238. The Morgan fingerprint density at radius 2 is 2.05 bits per heavy atom. The molecule has 0 radical (unpaired) electrons. The van der Waals surface area contributed by atoms with Gasteiger partial charge in [0.05, 0.1) is 17.2 Å². The van der Waals surface area contributed by atoms with Gasteiger partial charge in [0, 0.05) is 6.54 Å². The lowest BCUT2D eigenvalue weighted by atomic mass is 9.90. The second-order valence-electron chi connectivity index (χ2n) is 5.46. The van der Waals surface area contributed by atoms with Crippen LogP contribution in [0.2, 0.25) is 0 Å². The third kappa shape index (κ3) is 2.99. The van der Waals surface area contributed by atoms with Crippen LogP contribution >= 0.6 is 0 Å². The zero-order valence-corrected chi connectivity index (χ0v) is 12.4. The van der Waals surface area contributed by atoms with Gasteiger partial charge in [-0.3, -0.25) is 0 Å². The molecular weight excluding hydrogens is 274 g/mol. The Hall–Kier alpha value is -1.87. The van der Waals surface area contributed by atoms with Gasteiger partial charge in [-0.2, -0.15) is 13.7 Å². The van der Waals surface area contributed by atoms with Crippen molar-refractivity contribution in [3.8, 4) is 6.07 Å². The lowest BCUT2D eigenvalue weighted by Crippen LogP contribution is -2.28. The molecule has 0 saturated heterocycles. The first kappa shape index (κ1) is 14.5. The molecule has 1 aromatic rings. The molecule has 0 atom stereocenters. The van der Waals surface area contributed by atoms with Gasteiger partial charge < -0.3 is 4.90 Å². The summed E-state index contributed by atoms with van der Waals surface area (Å²) in [4.78, 5) is 2.06. The van der Waals surface area contributed by atoms with E-state index < -0.39 is 10.0 Å². The predicted octanol–water partition coefficient (Wildman–Crippen LogP) is 2.55. The van der Waals surface area contributed by atoms with Crippen molar-refractivity contribution in [1.29, 1.82) is 5.26 Å². The maximum Gasteiger partial charge on any atom is 0.285 e. The normalized spacial score (nSPS) is 16.6.